The van der Waals surface area contributed by atoms with Gasteiger partial charge in [0.05, 0.1) is 17.8 Å². The van der Waals surface area contributed by atoms with Crippen molar-refractivity contribution in [2.75, 3.05) is 0 Å². The zero-order valence-corrected chi connectivity index (χ0v) is 19.7. The van der Waals surface area contributed by atoms with E-state index < -0.39 is 11.7 Å². The van der Waals surface area contributed by atoms with Crippen LogP contribution in [0.15, 0.2) is 35.5 Å². The smallest absolute Gasteiger partial charge is 0.0616 e. The van der Waals surface area contributed by atoms with Gasteiger partial charge < -0.3 is 15.3 Å². The zero-order valence-electron chi connectivity index (χ0n) is 19.7. The molecular formula is C27H44O3. The maximum absolute atomic E-state index is 10.5. The Labute approximate surface area is 184 Å². The average molecular weight is 417 g/mol. The van der Waals surface area contributed by atoms with Crippen molar-refractivity contribution >= 4 is 0 Å². The first kappa shape index (κ1) is 23.8. The first-order chi connectivity index (χ1) is 14.0. The van der Waals surface area contributed by atoms with Crippen molar-refractivity contribution in [3.05, 3.63) is 35.5 Å². The van der Waals surface area contributed by atoms with Crippen LogP contribution in [0.4, 0.5) is 0 Å². The third kappa shape index (κ3) is 5.47. The molecule has 3 rings (SSSR count). The van der Waals surface area contributed by atoms with Gasteiger partial charge in [0.25, 0.3) is 0 Å². The van der Waals surface area contributed by atoms with Crippen molar-refractivity contribution in [1.29, 1.82) is 0 Å². The predicted octanol–water partition coefficient (Wildman–Crippen LogP) is 5.70. The number of hydrogen-bond acceptors (Lipinski definition) is 3. The Morgan fingerprint density at radius 2 is 1.93 bits per heavy atom. The van der Waals surface area contributed by atoms with E-state index in [0.717, 1.165) is 25.7 Å². The minimum Gasteiger partial charge on any atom is -0.393 e. The van der Waals surface area contributed by atoms with Crippen LogP contribution >= 0.6 is 0 Å². The maximum Gasteiger partial charge on any atom is 0.0616 e. The standard InChI is InChI=1S/C27H44O3/c1-18-8-11-22(28)16-21(18)10-9-20-7-6-14-27(5)24(12-13-25(20)27)19(2)15-23(29)17-26(3,4)30/h9-10,19,22-25,28-30H,1,6-8,11-17H2,2-5H3/b20-9+,21-10+/t19-,22-,23?,24-,25+,27-/m1/s1. The molecule has 3 fully saturated rings. The monoisotopic (exact) mass is 416 g/mol. The van der Waals surface area contributed by atoms with E-state index in [-0.39, 0.29) is 6.10 Å². The van der Waals surface area contributed by atoms with Gasteiger partial charge in [0.2, 0.25) is 0 Å². The normalized spacial score (nSPS) is 37.4. The van der Waals surface area contributed by atoms with Gasteiger partial charge in [0.15, 0.2) is 0 Å². The fourth-order valence-electron chi connectivity index (χ4n) is 6.86. The van der Waals surface area contributed by atoms with E-state index >= 15 is 0 Å². The Kier molecular flexibility index (Phi) is 7.37. The van der Waals surface area contributed by atoms with Gasteiger partial charge in [-0.15, -0.1) is 0 Å². The molecule has 3 saturated carbocycles. The quantitative estimate of drug-likeness (QED) is 0.520. The summed E-state index contributed by atoms with van der Waals surface area (Å²) in [5, 5.41) is 30.6. The molecule has 0 aromatic rings. The van der Waals surface area contributed by atoms with E-state index in [2.05, 4.69) is 32.6 Å². The highest BCUT2D eigenvalue weighted by molar-refractivity contribution is 5.36. The molecule has 0 aromatic heterocycles. The molecule has 0 aliphatic heterocycles. The fourth-order valence-corrected chi connectivity index (χ4v) is 6.86. The molecule has 3 aliphatic rings. The second kappa shape index (κ2) is 9.30. The van der Waals surface area contributed by atoms with E-state index in [4.69, 9.17) is 0 Å². The second-order valence-electron chi connectivity index (χ2n) is 11.4. The van der Waals surface area contributed by atoms with Crippen molar-refractivity contribution in [1.82, 2.24) is 0 Å². The molecule has 3 aliphatic carbocycles. The van der Waals surface area contributed by atoms with Gasteiger partial charge in [-0.2, -0.15) is 0 Å². The molecule has 3 heteroatoms. The highest BCUT2D eigenvalue weighted by Gasteiger charge is 2.50. The molecule has 0 radical (unpaired) electrons. The van der Waals surface area contributed by atoms with Crippen LogP contribution in [-0.2, 0) is 0 Å². The molecule has 0 amide bonds. The van der Waals surface area contributed by atoms with E-state index in [1.54, 1.807) is 19.4 Å². The minimum absolute atomic E-state index is 0.219. The lowest BCUT2D eigenvalue weighted by Crippen LogP contribution is -2.37. The molecule has 6 atom stereocenters. The van der Waals surface area contributed by atoms with Crippen LogP contribution in [0.1, 0.15) is 91.9 Å². The van der Waals surface area contributed by atoms with Crippen LogP contribution in [0.25, 0.3) is 0 Å². The Morgan fingerprint density at radius 1 is 1.20 bits per heavy atom. The van der Waals surface area contributed by atoms with Gasteiger partial charge in [-0.1, -0.05) is 43.7 Å². The van der Waals surface area contributed by atoms with Crippen molar-refractivity contribution in [2.45, 2.75) is 110 Å². The number of fused-ring (bicyclic) bond motifs is 1. The van der Waals surface area contributed by atoms with Crippen molar-refractivity contribution in [2.24, 2.45) is 23.2 Å². The summed E-state index contributed by atoms with van der Waals surface area (Å²) in [5.41, 5.74) is 3.49. The van der Waals surface area contributed by atoms with E-state index in [9.17, 15) is 15.3 Å². The van der Waals surface area contributed by atoms with Gasteiger partial charge >= 0.3 is 0 Å². The van der Waals surface area contributed by atoms with Gasteiger partial charge in [-0.25, -0.2) is 0 Å². The molecule has 0 heterocycles. The van der Waals surface area contributed by atoms with E-state index in [0.29, 0.717) is 29.6 Å². The summed E-state index contributed by atoms with van der Waals surface area (Å²) in [5.74, 6) is 1.72. The third-order valence-corrected chi connectivity index (χ3v) is 8.29. The lowest BCUT2D eigenvalue weighted by Gasteiger charge is -2.44. The molecule has 30 heavy (non-hydrogen) atoms. The van der Waals surface area contributed by atoms with Gasteiger partial charge in [0.1, 0.15) is 0 Å². The third-order valence-electron chi connectivity index (χ3n) is 8.29. The molecule has 1 unspecified atom stereocenters. The summed E-state index contributed by atoms with van der Waals surface area (Å²) in [6.07, 6.45) is 13.8. The zero-order chi connectivity index (χ0) is 22.1. The first-order valence-electron chi connectivity index (χ1n) is 12.2. The van der Waals surface area contributed by atoms with Gasteiger partial charge in [-0.3, -0.25) is 0 Å². The van der Waals surface area contributed by atoms with Crippen LogP contribution in [0.5, 0.6) is 0 Å². The molecule has 3 nitrogen and oxygen atoms in total. The molecular weight excluding hydrogens is 372 g/mol. The Balaban J connectivity index is 1.71. The second-order valence-corrected chi connectivity index (χ2v) is 11.4. The first-order valence-corrected chi connectivity index (χ1v) is 12.2. The summed E-state index contributed by atoms with van der Waals surface area (Å²) in [6, 6.07) is 0. The van der Waals surface area contributed by atoms with Crippen LogP contribution in [0.2, 0.25) is 0 Å². The SMILES string of the molecule is C=C1CC[C@@H](O)C/C1=C\C=C1/CCC[C@]2(C)[C@@H]([C@H](C)CC(O)CC(C)(C)O)CC[C@@H]12. The van der Waals surface area contributed by atoms with Crippen LogP contribution in [-0.4, -0.2) is 33.1 Å². The number of aliphatic hydroxyl groups excluding tert-OH is 2. The van der Waals surface area contributed by atoms with Crippen LogP contribution in [0.3, 0.4) is 0 Å². The minimum atomic E-state index is -0.813. The van der Waals surface area contributed by atoms with Crippen molar-refractivity contribution in [3.63, 3.8) is 0 Å². The summed E-state index contributed by atoms with van der Waals surface area (Å²) in [4.78, 5) is 0. The van der Waals surface area contributed by atoms with Gasteiger partial charge in [-0.05, 0) is 100 Å². The molecule has 0 saturated heterocycles. The Morgan fingerprint density at radius 3 is 2.63 bits per heavy atom. The number of hydrogen-bond donors (Lipinski definition) is 3. The molecule has 0 spiro atoms. The van der Waals surface area contributed by atoms with E-state index in [1.165, 1.54) is 43.3 Å². The Hall–Kier alpha value is -0.900. The van der Waals surface area contributed by atoms with Crippen LogP contribution in [0, 0.1) is 23.2 Å². The maximum atomic E-state index is 10.5. The number of allylic oxidation sites excluding steroid dienone is 4. The highest BCUT2D eigenvalue weighted by atomic mass is 16.3. The van der Waals surface area contributed by atoms with Crippen molar-refractivity contribution < 1.29 is 15.3 Å². The molecule has 0 bridgehead atoms. The summed E-state index contributed by atoms with van der Waals surface area (Å²) in [7, 11) is 0. The lowest BCUT2D eigenvalue weighted by molar-refractivity contribution is 0.000134. The Bertz CT molecular complexity index is 683. The summed E-state index contributed by atoms with van der Waals surface area (Å²) in [6.45, 7) is 12.6. The summed E-state index contributed by atoms with van der Waals surface area (Å²) < 4.78 is 0. The number of aliphatic hydroxyl groups is 3. The predicted molar refractivity (Wildman–Crippen MR) is 124 cm³/mol. The number of rotatable bonds is 6. The van der Waals surface area contributed by atoms with Gasteiger partial charge in [0, 0.05) is 6.42 Å². The largest absolute Gasteiger partial charge is 0.393 e. The molecule has 170 valence electrons. The van der Waals surface area contributed by atoms with Crippen LogP contribution < -0.4 is 0 Å². The summed E-state index contributed by atoms with van der Waals surface area (Å²) >= 11 is 0. The topological polar surface area (TPSA) is 60.7 Å². The average Bonchev–Trinajstić information content (AvgIpc) is 2.98. The molecule has 0 aromatic carbocycles. The van der Waals surface area contributed by atoms with Crippen molar-refractivity contribution in [3.8, 4) is 0 Å². The molecule has 3 N–H and O–H groups in total. The highest BCUT2D eigenvalue weighted by Crippen LogP contribution is 2.60. The fraction of sp³-hybridized carbons (Fsp3) is 0.778. The lowest BCUT2D eigenvalue weighted by atomic mass is 9.60. The van der Waals surface area contributed by atoms with E-state index in [1.807, 2.05) is 0 Å².